The van der Waals surface area contributed by atoms with Gasteiger partial charge < -0.3 is 14.4 Å². The number of hydrogen-bond donors (Lipinski definition) is 1. The molecule has 6 heteroatoms. The van der Waals surface area contributed by atoms with Crippen molar-refractivity contribution in [1.82, 2.24) is 20.0 Å². The van der Waals surface area contributed by atoms with E-state index in [1.165, 1.54) is 16.5 Å². The minimum atomic E-state index is 0.106. The van der Waals surface area contributed by atoms with Gasteiger partial charge in [-0.3, -0.25) is 4.79 Å². The summed E-state index contributed by atoms with van der Waals surface area (Å²) < 4.78 is 5.24. The lowest BCUT2D eigenvalue weighted by Gasteiger charge is -2.31. The molecule has 1 aromatic carbocycles. The summed E-state index contributed by atoms with van der Waals surface area (Å²) >= 11 is 0. The van der Waals surface area contributed by atoms with Crippen LogP contribution in [0.5, 0.6) is 0 Å². The Morgan fingerprint density at radius 1 is 1.19 bits per heavy atom. The molecule has 1 amide bonds. The van der Waals surface area contributed by atoms with Gasteiger partial charge in [-0.15, -0.1) is 0 Å². The Kier molecular flexibility index (Phi) is 4.50. The Labute approximate surface area is 158 Å². The van der Waals surface area contributed by atoms with Gasteiger partial charge in [-0.1, -0.05) is 17.3 Å². The van der Waals surface area contributed by atoms with Gasteiger partial charge in [-0.25, -0.2) is 0 Å². The highest BCUT2D eigenvalue weighted by Crippen LogP contribution is 2.29. The largest absolute Gasteiger partial charge is 0.350 e. The number of rotatable bonds is 3. The molecule has 3 heterocycles. The fourth-order valence-corrected chi connectivity index (χ4v) is 4.18. The third-order valence-corrected chi connectivity index (χ3v) is 5.77. The van der Waals surface area contributed by atoms with Crippen molar-refractivity contribution in [3.05, 3.63) is 46.2 Å². The van der Waals surface area contributed by atoms with Crippen molar-refractivity contribution >= 4 is 16.8 Å². The van der Waals surface area contributed by atoms with E-state index in [9.17, 15) is 4.79 Å². The SMILES string of the molecule is Cc1noc(CC2CCN(C(=O)c3[nH]c4c(C)ccc(C)c4c3C)CC2)n1. The van der Waals surface area contributed by atoms with E-state index in [0.717, 1.165) is 49.1 Å². The van der Waals surface area contributed by atoms with E-state index in [0.29, 0.717) is 17.6 Å². The summed E-state index contributed by atoms with van der Waals surface area (Å²) in [7, 11) is 0. The second-order valence-electron chi connectivity index (χ2n) is 7.75. The molecule has 3 aromatic rings. The molecule has 0 spiro atoms. The zero-order valence-electron chi connectivity index (χ0n) is 16.4. The number of amides is 1. The van der Waals surface area contributed by atoms with Crippen molar-refractivity contribution in [2.75, 3.05) is 13.1 Å². The van der Waals surface area contributed by atoms with Crippen LogP contribution in [-0.2, 0) is 6.42 Å². The molecule has 6 nitrogen and oxygen atoms in total. The average molecular weight is 366 g/mol. The topological polar surface area (TPSA) is 75.0 Å². The van der Waals surface area contributed by atoms with E-state index in [2.05, 4.69) is 41.1 Å². The smallest absolute Gasteiger partial charge is 0.270 e. The van der Waals surface area contributed by atoms with E-state index < -0.39 is 0 Å². The number of carbonyl (C=O) groups is 1. The van der Waals surface area contributed by atoms with Gasteiger partial charge in [0.2, 0.25) is 5.89 Å². The van der Waals surface area contributed by atoms with Gasteiger partial charge in [0.1, 0.15) is 5.69 Å². The number of piperidine rings is 1. The van der Waals surface area contributed by atoms with Crippen LogP contribution in [0.3, 0.4) is 0 Å². The molecule has 4 rings (SSSR count). The number of fused-ring (bicyclic) bond motifs is 1. The molecular formula is C21H26N4O2. The van der Waals surface area contributed by atoms with Gasteiger partial charge >= 0.3 is 0 Å². The Hall–Kier alpha value is -2.63. The molecule has 1 saturated heterocycles. The highest BCUT2D eigenvalue weighted by molar-refractivity contribution is 6.02. The van der Waals surface area contributed by atoms with Crippen molar-refractivity contribution in [1.29, 1.82) is 0 Å². The molecular weight excluding hydrogens is 340 g/mol. The molecule has 27 heavy (non-hydrogen) atoms. The molecule has 0 radical (unpaired) electrons. The first-order valence-corrected chi connectivity index (χ1v) is 9.61. The fourth-order valence-electron chi connectivity index (χ4n) is 4.18. The average Bonchev–Trinajstić information content (AvgIpc) is 3.22. The van der Waals surface area contributed by atoms with Crippen molar-refractivity contribution in [3.8, 4) is 0 Å². The summed E-state index contributed by atoms with van der Waals surface area (Å²) in [6.07, 6.45) is 2.72. The van der Waals surface area contributed by atoms with Crippen LogP contribution < -0.4 is 0 Å². The second kappa shape index (κ2) is 6.83. The van der Waals surface area contributed by atoms with Crippen molar-refractivity contribution in [2.24, 2.45) is 5.92 Å². The molecule has 0 bridgehead atoms. The fraction of sp³-hybridized carbons (Fsp3) is 0.476. The molecule has 1 fully saturated rings. The molecule has 142 valence electrons. The Balaban J connectivity index is 1.48. The van der Waals surface area contributed by atoms with E-state index in [1.807, 2.05) is 18.7 Å². The number of nitrogens with zero attached hydrogens (tertiary/aromatic N) is 3. The first kappa shape index (κ1) is 17.8. The van der Waals surface area contributed by atoms with Crippen molar-refractivity contribution in [3.63, 3.8) is 0 Å². The lowest BCUT2D eigenvalue weighted by atomic mass is 9.93. The zero-order valence-corrected chi connectivity index (χ0v) is 16.4. The highest BCUT2D eigenvalue weighted by Gasteiger charge is 2.27. The van der Waals surface area contributed by atoms with Crippen LogP contribution in [0.1, 0.15) is 51.7 Å². The predicted molar refractivity (Wildman–Crippen MR) is 104 cm³/mol. The summed E-state index contributed by atoms with van der Waals surface area (Å²) in [6.45, 7) is 9.59. The molecule has 0 unspecified atom stereocenters. The number of aromatic nitrogens is 3. The van der Waals surface area contributed by atoms with Crippen LogP contribution in [0.2, 0.25) is 0 Å². The van der Waals surface area contributed by atoms with Crippen LogP contribution in [0.4, 0.5) is 0 Å². The van der Waals surface area contributed by atoms with E-state index in [4.69, 9.17) is 4.52 Å². The maximum Gasteiger partial charge on any atom is 0.270 e. The molecule has 0 aliphatic carbocycles. The Bertz CT molecular complexity index is 993. The van der Waals surface area contributed by atoms with Gasteiger partial charge in [0.15, 0.2) is 5.82 Å². The summed E-state index contributed by atoms with van der Waals surface area (Å²) in [4.78, 5) is 22.8. The third-order valence-electron chi connectivity index (χ3n) is 5.77. The van der Waals surface area contributed by atoms with Crippen molar-refractivity contribution < 1.29 is 9.32 Å². The predicted octanol–water partition coefficient (Wildman–Crippen LogP) is 3.88. The van der Waals surface area contributed by atoms with Crippen LogP contribution in [0.15, 0.2) is 16.7 Å². The standard InChI is InChI=1S/C21H26N4O2/c1-12-5-6-13(2)19-18(12)14(3)20(23-19)21(26)25-9-7-16(8-10-25)11-17-22-15(4)24-27-17/h5-6,16,23H,7-11H2,1-4H3. The molecule has 0 atom stereocenters. The normalized spacial score (nSPS) is 15.6. The van der Waals surface area contributed by atoms with Crippen molar-refractivity contribution in [2.45, 2.75) is 47.0 Å². The number of aryl methyl sites for hydroxylation is 4. The van der Waals surface area contributed by atoms with E-state index >= 15 is 0 Å². The number of hydrogen-bond acceptors (Lipinski definition) is 4. The quantitative estimate of drug-likeness (QED) is 0.763. The molecule has 1 aliphatic rings. The molecule has 2 aromatic heterocycles. The monoisotopic (exact) mass is 366 g/mol. The van der Waals surface area contributed by atoms with Crippen LogP contribution in [-0.4, -0.2) is 39.0 Å². The molecule has 0 saturated carbocycles. The van der Waals surface area contributed by atoms with Gasteiger partial charge in [0.25, 0.3) is 5.91 Å². The van der Waals surface area contributed by atoms with Crippen LogP contribution in [0, 0.1) is 33.6 Å². The second-order valence-corrected chi connectivity index (χ2v) is 7.75. The summed E-state index contributed by atoms with van der Waals surface area (Å²) in [5.74, 6) is 1.98. The van der Waals surface area contributed by atoms with Crippen LogP contribution >= 0.6 is 0 Å². The van der Waals surface area contributed by atoms with Crippen LogP contribution in [0.25, 0.3) is 10.9 Å². The maximum absolute atomic E-state index is 13.1. The lowest BCUT2D eigenvalue weighted by molar-refractivity contribution is 0.0682. The van der Waals surface area contributed by atoms with Gasteiger partial charge in [0, 0.05) is 30.4 Å². The number of benzene rings is 1. The lowest BCUT2D eigenvalue weighted by Crippen LogP contribution is -2.39. The number of nitrogens with one attached hydrogen (secondary N) is 1. The minimum Gasteiger partial charge on any atom is -0.350 e. The Morgan fingerprint density at radius 2 is 1.89 bits per heavy atom. The van der Waals surface area contributed by atoms with Gasteiger partial charge in [0.05, 0.1) is 0 Å². The van der Waals surface area contributed by atoms with E-state index in [-0.39, 0.29) is 5.91 Å². The highest BCUT2D eigenvalue weighted by atomic mass is 16.5. The molecule has 1 N–H and O–H groups in total. The summed E-state index contributed by atoms with van der Waals surface area (Å²) in [6, 6.07) is 4.23. The van der Waals surface area contributed by atoms with Gasteiger partial charge in [-0.05, 0) is 63.1 Å². The summed E-state index contributed by atoms with van der Waals surface area (Å²) in [5, 5.41) is 5.04. The number of aromatic amines is 1. The minimum absolute atomic E-state index is 0.106. The summed E-state index contributed by atoms with van der Waals surface area (Å²) in [5.41, 5.74) is 5.24. The van der Waals surface area contributed by atoms with E-state index in [1.54, 1.807) is 0 Å². The zero-order chi connectivity index (χ0) is 19.1. The molecule has 1 aliphatic heterocycles. The maximum atomic E-state index is 13.1. The Morgan fingerprint density at radius 3 is 2.52 bits per heavy atom. The first-order chi connectivity index (χ1) is 12.9. The third kappa shape index (κ3) is 3.24. The number of likely N-dealkylation sites (tertiary alicyclic amines) is 1. The van der Waals surface area contributed by atoms with Gasteiger partial charge in [-0.2, -0.15) is 4.98 Å². The number of H-pyrrole nitrogens is 1. The number of carbonyl (C=O) groups excluding carboxylic acids is 1. The first-order valence-electron chi connectivity index (χ1n) is 9.61.